The van der Waals surface area contributed by atoms with Crippen LogP contribution in [0.5, 0.6) is 0 Å². The maximum Gasteiger partial charge on any atom is 0.00791 e. The number of hydrogen-bond acceptors (Lipinski definition) is 3. The average molecular weight is 240 g/mol. The minimum atomic E-state index is 0.433. The van der Waals surface area contributed by atoms with E-state index in [0.717, 1.165) is 6.42 Å². The number of aryl methyl sites for hydroxylation is 1. The van der Waals surface area contributed by atoms with E-state index in [0.29, 0.717) is 30.8 Å². The van der Waals surface area contributed by atoms with Crippen molar-refractivity contribution in [3.05, 3.63) is 21.9 Å². The molecular formula is C13H24N2S. The van der Waals surface area contributed by atoms with E-state index >= 15 is 0 Å². The zero-order chi connectivity index (χ0) is 12.1. The highest BCUT2D eigenvalue weighted by Crippen LogP contribution is 2.33. The van der Waals surface area contributed by atoms with E-state index in [4.69, 9.17) is 11.5 Å². The van der Waals surface area contributed by atoms with E-state index in [9.17, 15) is 0 Å². The highest BCUT2D eigenvalue weighted by Gasteiger charge is 2.22. The fourth-order valence-electron chi connectivity index (χ4n) is 2.02. The maximum absolute atomic E-state index is 5.75. The van der Waals surface area contributed by atoms with Gasteiger partial charge in [0.05, 0.1) is 0 Å². The Morgan fingerprint density at radius 3 is 2.25 bits per heavy atom. The lowest BCUT2D eigenvalue weighted by Gasteiger charge is -2.26. The van der Waals surface area contributed by atoms with E-state index in [1.807, 2.05) is 11.3 Å². The van der Waals surface area contributed by atoms with Gasteiger partial charge in [0.1, 0.15) is 0 Å². The molecule has 3 heteroatoms. The van der Waals surface area contributed by atoms with Gasteiger partial charge >= 0.3 is 0 Å². The SMILES string of the molecule is CCc1ccc(C(C)C(C)C(CN)CN)s1. The van der Waals surface area contributed by atoms with Gasteiger partial charge in [0.25, 0.3) is 0 Å². The van der Waals surface area contributed by atoms with Gasteiger partial charge in [0.2, 0.25) is 0 Å². The first-order chi connectivity index (χ1) is 7.63. The summed E-state index contributed by atoms with van der Waals surface area (Å²) in [5, 5.41) is 0. The Hall–Kier alpha value is -0.380. The van der Waals surface area contributed by atoms with Gasteiger partial charge in [-0.15, -0.1) is 11.3 Å². The summed E-state index contributed by atoms with van der Waals surface area (Å²) in [6.45, 7) is 8.13. The van der Waals surface area contributed by atoms with Crippen molar-refractivity contribution in [3.8, 4) is 0 Å². The van der Waals surface area contributed by atoms with Gasteiger partial charge < -0.3 is 11.5 Å². The molecule has 0 fully saturated rings. The van der Waals surface area contributed by atoms with Crippen LogP contribution in [0.1, 0.15) is 36.4 Å². The summed E-state index contributed by atoms with van der Waals surface area (Å²) >= 11 is 1.93. The van der Waals surface area contributed by atoms with Crippen LogP contribution in [0.25, 0.3) is 0 Å². The van der Waals surface area contributed by atoms with E-state index in [1.54, 1.807) is 0 Å². The van der Waals surface area contributed by atoms with Gasteiger partial charge in [-0.05, 0) is 49.4 Å². The molecule has 16 heavy (non-hydrogen) atoms. The third-order valence-electron chi connectivity index (χ3n) is 3.62. The molecule has 0 spiro atoms. The van der Waals surface area contributed by atoms with Crippen LogP contribution in [-0.4, -0.2) is 13.1 Å². The van der Waals surface area contributed by atoms with E-state index < -0.39 is 0 Å². The van der Waals surface area contributed by atoms with E-state index in [-0.39, 0.29) is 0 Å². The second-order valence-electron chi connectivity index (χ2n) is 4.54. The van der Waals surface area contributed by atoms with E-state index in [2.05, 4.69) is 32.9 Å². The van der Waals surface area contributed by atoms with Gasteiger partial charge in [0, 0.05) is 9.75 Å². The van der Waals surface area contributed by atoms with Crippen molar-refractivity contribution in [2.24, 2.45) is 23.3 Å². The molecule has 92 valence electrons. The Kier molecular flexibility index (Phi) is 5.46. The molecule has 0 bridgehead atoms. The molecule has 0 aromatic carbocycles. The summed E-state index contributed by atoms with van der Waals surface area (Å²) in [4.78, 5) is 2.93. The third kappa shape index (κ3) is 3.06. The largest absolute Gasteiger partial charge is 0.330 e. The Bertz CT molecular complexity index is 305. The minimum absolute atomic E-state index is 0.433. The molecule has 4 N–H and O–H groups in total. The van der Waals surface area contributed by atoms with Crippen molar-refractivity contribution in [2.45, 2.75) is 33.1 Å². The quantitative estimate of drug-likeness (QED) is 0.803. The zero-order valence-electron chi connectivity index (χ0n) is 10.6. The van der Waals surface area contributed by atoms with Crippen molar-refractivity contribution in [1.29, 1.82) is 0 Å². The summed E-state index contributed by atoms with van der Waals surface area (Å²) in [6, 6.07) is 4.50. The molecule has 1 rings (SSSR count). The molecule has 1 heterocycles. The predicted molar refractivity (Wildman–Crippen MR) is 72.9 cm³/mol. The lowest BCUT2D eigenvalue weighted by atomic mass is 9.83. The maximum atomic E-state index is 5.75. The van der Waals surface area contributed by atoms with E-state index in [1.165, 1.54) is 9.75 Å². The number of nitrogens with two attached hydrogens (primary N) is 2. The summed E-state index contributed by atoms with van der Waals surface area (Å²) in [5.41, 5.74) is 11.5. The zero-order valence-corrected chi connectivity index (χ0v) is 11.4. The first kappa shape index (κ1) is 13.7. The first-order valence-corrected chi connectivity index (χ1v) is 6.94. The first-order valence-electron chi connectivity index (χ1n) is 6.12. The van der Waals surface area contributed by atoms with Gasteiger partial charge in [-0.2, -0.15) is 0 Å². The molecule has 0 aliphatic heterocycles. The van der Waals surface area contributed by atoms with Crippen LogP contribution in [0.15, 0.2) is 12.1 Å². The fourth-order valence-corrected chi connectivity index (χ4v) is 3.14. The highest BCUT2D eigenvalue weighted by molar-refractivity contribution is 7.12. The summed E-state index contributed by atoms with van der Waals surface area (Å²) in [5.74, 6) is 1.54. The number of rotatable bonds is 6. The molecule has 0 radical (unpaired) electrons. The summed E-state index contributed by atoms with van der Waals surface area (Å²) in [7, 11) is 0. The fraction of sp³-hybridized carbons (Fsp3) is 0.692. The minimum Gasteiger partial charge on any atom is -0.330 e. The van der Waals surface area contributed by atoms with Crippen molar-refractivity contribution in [2.75, 3.05) is 13.1 Å². The monoisotopic (exact) mass is 240 g/mol. The van der Waals surface area contributed by atoms with Crippen LogP contribution in [-0.2, 0) is 6.42 Å². The summed E-state index contributed by atoms with van der Waals surface area (Å²) in [6.07, 6.45) is 1.13. The van der Waals surface area contributed by atoms with Crippen molar-refractivity contribution in [1.82, 2.24) is 0 Å². The molecule has 1 aromatic rings. The third-order valence-corrected chi connectivity index (χ3v) is 5.05. The van der Waals surface area contributed by atoms with Crippen LogP contribution in [0.2, 0.25) is 0 Å². The summed E-state index contributed by atoms with van der Waals surface area (Å²) < 4.78 is 0. The molecule has 2 nitrogen and oxygen atoms in total. The second-order valence-corrected chi connectivity index (χ2v) is 5.74. The molecule has 1 aromatic heterocycles. The predicted octanol–water partition coefficient (Wildman–Crippen LogP) is 2.58. The number of hydrogen-bond donors (Lipinski definition) is 2. The van der Waals surface area contributed by atoms with Crippen LogP contribution in [0, 0.1) is 11.8 Å². The van der Waals surface area contributed by atoms with Crippen LogP contribution in [0.3, 0.4) is 0 Å². The van der Waals surface area contributed by atoms with Crippen molar-refractivity contribution in [3.63, 3.8) is 0 Å². The number of thiophene rings is 1. The average Bonchev–Trinajstić information content (AvgIpc) is 2.78. The van der Waals surface area contributed by atoms with Crippen molar-refractivity contribution < 1.29 is 0 Å². The second kappa shape index (κ2) is 6.38. The molecule has 0 saturated heterocycles. The Labute approximate surface area is 103 Å². The van der Waals surface area contributed by atoms with Gasteiger partial charge in [-0.1, -0.05) is 20.8 Å². The molecular weight excluding hydrogens is 216 g/mol. The van der Waals surface area contributed by atoms with Crippen LogP contribution >= 0.6 is 11.3 Å². The molecule has 0 aliphatic rings. The molecule has 0 saturated carbocycles. The highest BCUT2D eigenvalue weighted by atomic mass is 32.1. The molecule has 2 unspecified atom stereocenters. The van der Waals surface area contributed by atoms with Crippen LogP contribution < -0.4 is 11.5 Å². The lowest BCUT2D eigenvalue weighted by Crippen LogP contribution is -2.31. The normalized spacial score (nSPS) is 15.4. The Morgan fingerprint density at radius 1 is 1.19 bits per heavy atom. The van der Waals surface area contributed by atoms with Crippen LogP contribution in [0.4, 0.5) is 0 Å². The smallest absolute Gasteiger partial charge is 0.00791 e. The Balaban J connectivity index is 2.72. The van der Waals surface area contributed by atoms with Gasteiger partial charge in [-0.3, -0.25) is 0 Å². The molecule has 0 amide bonds. The molecule has 0 aliphatic carbocycles. The standard InChI is InChI=1S/C13H24N2S/c1-4-12-5-6-13(16-12)10(3)9(2)11(7-14)8-15/h5-6,9-11H,4,7-8,14-15H2,1-3H3. The van der Waals surface area contributed by atoms with Crippen molar-refractivity contribution >= 4 is 11.3 Å². The lowest BCUT2D eigenvalue weighted by molar-refractivity contribution is 0.331. The molecule has 2 atom stereocenters. The topological polar surface area (TPSA) is 52.0 Å². The van der Waals surface area contributed by atoms with Gasteiger partial charge in [0.15, 0.2) is 0 Å². The Morgan fingerprint density at radius 2 is 1.81 bits per heavy atom. The van der Waals surface area contributed by atoms with Gasteiger partial charge in [-0.25, -0.2) is 0 Å².